The summed E-state index contributed by atoms with van der Waals surface area (Å²) in [6.07, 6.45) is 23.2. The van der Waals surface area contributed by atoms with Gasteiger partial charge in [0.25, 0.3) is 0 Å². The molecule has 9 nitrogen and oxygen atoms in total. The molecule has 1 saturated heterocycles. The van der Waals surface area contributed by atoms with Crippen molar-refractivity contribution in [3.8, 4) is 0 Å². The summed E-state index contributed by atoms with van der Waals surface area (Å²) >= 11 is 0. The van der Waals surface area contributed by atoms with E-state index in [1.165, 1.54) is 0 Å². The molecule has 0 aromatic carbocycles. The maximum atomic E-state index is 12.6. The number of carbonyl (C=O) groups excluding carboxylic acids is 1. The number of nitrogens with one attached hydrogen (secondary N) is 1. The topological polar surface area (TPSA) is 149 Å². The molecule has 0 aliphatic carbocycles. The molecule has 1 rings (SSSR count). The molecule has 0 aromatic heterocycles. The minimum atomic E-state index is -1.56. The Morgan fingerprint density at radius 2 is 1.40 bits per heavy atom. The molecule has 0 spiro atoms. The second-order valence-corrected chi connectivity index (χ2v) is 10.9. The first-order chi connectivity index (χ1) is 20.8. The molecule has 6 N–H and O–H groups in total. The smallest absolute Gasteiger partial charge is 0.220 e. The van der Waals surface area contributed by atoms with Gasteiger partial charge in [0, 0.05) is 6.42 Å². The highest BCUT2D eigenvalue weighted by Gasteiger charge is 2.44. The average Bonchev–Trinajstić information content (AvgIpc) is 3.00. The van der Waals surface area contributed by atoms with Gasteiger partial charge in [-0.2, -0.15) is 0 Å². The molecule has 7 unspecified atom stereocenters. The van der Waals surface area contributed by atoms with E-state index < -0.39 is 49.5 Å². The van der Waals surface area contributed by atoms with Crippen LogP contribution >= 0.6 is 0 Å². The molecule has 0 aromatic rings. The molecule has 9 heteroatoms. The van der Waals surface area contributed by atoms with Gasteiger partial charge in [0.2, 0.25) is 5.91 Å². The van der Waals surface area contributed by atoms with Crippen LogP contribution in [0.25, 0.3) is 0 Å². The van der Waals surface area contributed by atoms with Crippen LogP contribution in [-0.2, 0) is 14.3 Å². The van der Waals surface area contributed by atoms with Crippen LogP contribution in [0.1, 0.15) is 90.9 Å². The van der Waals surface area contributed by atoms with Crippen molar-refractivity contribution >= 4 is 5.91 Å². The van der Waals surface area contributed by atoms with Crippen LogP contribution in [-0.4, -0.2) is 87.5 Å². The van der Waals surface area contributed by atoms with Crippen molar-refractivity contribution in [1.82, 2.24) is 5.32 Å². The first-order valence-corrected chi connectivity index (χ1v) is 16.0. The molecule has 1 fully saturated rings. The Morgan fingerprint density at radius 1 is 0.814 bits per heavy atom. The second kappa shape index (κ2) is 25.2. The molecule has 1 heterocycles. The maximum absolute atomic E-state index is 12.6. The predicted molar refractivity (Wildman–Crippen MR) is 170 cm³/mol. The van der Waals surface area contributed by atoms with Crippen LogP contribution in [0.3, 0.4) is 0 Å². The van der Waals surface area contributed by atoms with Crippen LogP contribution in [0.4, 0.5) is 0 Å². The molecule has 1 aliphatic heterocycles. The zero-order valence-electron chi connectivity index (χ0n) is 26.2. The lowest BCUT2D eigenvalue weighted by Gasteiger charge is -2.40. The minimum absolute atomic E-state index is 0.170. The summed E-state index contributed by atoms with van der Waals surface area (Å²) in [5.41, 5.74) is 0. The van der Waals surface area contributed by atoms with Gasteiger partial charge in [0.05, 0.1) is 25.4 Å². The maximum Gasteiger partial charge on any atom is 0.220 e. The van der Waals surface area contributed by atoms with Gasteiger partial charge in [-0.1, -0.05) is 93.9 Å². The van der Waals surface area contributed by atoms with Crippen LogP contribution in [0, 0.1) is 0 Å². The third kappa shape index (κ3) is 17.7. The number of ether oxygens (including phenoxy) is 2. The zero-order chi connectivity index (χ0) is 31.7. The highest BCUT2D eigenvalue weighted by Crippen LogP contribution is 2.22. The third-order valence-corrected chi connectivity index (χ3v) is 7.14. The highest BCUT2D eigenvalue weighted by atomic mass is 16.7. The number of rotatable bonds is 23. The molecule has 0 bridgehead atoms. The summed E-state index contributed by atoms with van der Waals surface area (Å²) in [6.45, 7) is 3.46. The Morgan fingerprint density at radius 3 is 1.95 bits per heavy atom. The van der Waals surface area contributed by atoms with Gasteiger partial charge in [-0.3, -0.25) is 4.79 Å². The molecule has 7 atom stereocenters. The van der Waals surface area contributed by atoms with Crippen molar-refractivity contribution in [3.05, 3.63) is 60.8 Å². The van der Waals surface area contributed by atoms with E-state index in [0.29, 0.717) is 12.8 Å². The monoisotopic (exact) mass is 607 g/mol. The normalized spacial score (nSPS) is 24.7. The van der Waals surface area contributed by atoms with Crippen LogP contribution < -0.4 is 5.32 Å². The van der Waals surface area contributed by atoms with Crippen LogP contribution in [0.5, 0.6) is 0 Å². The highest BCUT2D eigenvalue weighted by molar-refractivity contribution is 5.76. The average molecular weight is 608 g/mol. The number of aliphatic hydroxyl groups is 5. The molecule has 0 saturated carbocycles. The van der Waals surface area contributed by atoms with E-state index in [2.05, 4.69) is 79.9 Å². The van der Waals surface area contributed by atoms with E-state index in [4.69, 9.17) is 9.47 Å². The number of allylic oxidation sites excluding steroid dienone is 10. The lowest BCUT2D eigenvalue weighted by molar-refractivity contribution is -0.302. The van der Waals surface area contributed by atoms with Gasteiger partial charge in [-0.15, -0.1) is 0 Å². The minimum Gasteiger partial charge on any atom is -0.394 e. The summed E-state index contributed by atoms with van der Waals surface area (Å²) in [5, 5.41) is 53.2. The van der Waals surface area contributed by atoms with E-state index in [1.807, 2.05) is 0 Å². The lowest BCUT2D eigenvalue weighted by Crippen LogP contribution is -2.60. The lowest BCUT2D eigenvalue weighted by atomic mass is 9.99. The Hall–Kier alpha value is -2.11. The van der Waals surface area contributed by atoms with Crippen molar-refractivity contribution in [2.75, 3.05) is 13.2 Å². The van der Waals surface area contributed by atoms with Crippen molar-refractivity contribution < 1.29 is 39.8 Å². The Labute approximate surface area is 258 Å². The van der Waals surface area contributed by atoms with Gasteiger partial charge in [0.1, 0.15) is 24.4 Å². The molecule has 246 valence electrons. The van der Waals surface area contributed by atoms with Gasteiger partial charge >= 0.3 is 0 Å². The van der Waals surface area contributed by atoms with E-state index in [0.717, 1.165) is 57.8 Å². The number of unbranched alkanes of at least 4 members (excludes halogenated alkanes) is 3. The summed E-state index contributed by atoms with van der Waals surface area (Å²) < 4.78 is 11.0. The molecular formula is C34H57NO8. The van der Waals surface area contributed by atoms with Crippen LogP contribution in [0.15, 0.2) is 60.8 Å². The molecular weight excluding hydrogens is 550 g/mol. The fourth-order valence-corrected chi connectivity index (χ4v) is 4.49. The Kier molecular flexibility index (Phi) is 22.8. The predicted octanol–water partition coefficient (Wildman–Crippen LogP) is 4.15. The van der Waals surface area contributed by atoms with Crippen molar-refractivity contribution in [2.45, 2.75) is 134 Å². The fraction of sp³-hybridized carbons (Fsp3) is 0.676. The Bertz CT molecular complexity index is 853. The summed E-state index contributed by atoms with van der Waals surface area (Å²) in [5.74, 6) is -0.218. The van der Waals surface area contributed by atoms with Crippen molar-refractivity contribution in [1.29, 1.82) is 0 Å². The molecule has 43 heavy (non-hydrogen) atoms. The largest absolute Gasteiger partial charge is 0.394 e. The quantitative estimate of drug-likeness (QED) is 0.0750. The van der Waals surface area contributed by atoms with E-state index in [-0.39, 0.29) is 18.9 Å². The zero-order valence-corrected chi connectivity index (χ0v) is 26.2. The molecule has 1 amide bonds. The first kappa shape index (κ1) is 38.9. The number of hydrogen-bond donors (Lipinski definition) is 6. The number of aliphatic hydroxyl groups excluding tert-OH is 5. The van der Waals surface area contributed by atoms with E-state index in [9.17, 15) is 30.3 Å². The standard InChI is InChI=1S/C34H57NO8/c1-3-5-7-8-9-10-11-12-13-14-15-16-17-18-19-20-22-24-30(38)35-27(28(37)23-21-6-4-2)26-42-34-33(41)32(40)31(39)29(25-36)43-34/h5,7,9-10,12-13,15-16,18-19,27-29,31-34,36-37,39-41H,3-4,6,8,11,14,17,20-26H2,1-2H3,(H,35,38)/b7-5-,10-9-,13-12-,16-15-,19-18-. The van der Waals surface area contributed by atoms with Gasteiger partial charge in [-0.25, -0.2) is 0 Å². The third-order valence-electron chi connectivity index (χ3n) is 7.14. The van der Waals surface area contributed by atoms with E-state index in [1.54, 1.807) is 0 Å². The van der Waals surface area contributed by atoms with Gasteiger partial charge < -0.3 is 40.3 Å². The summed E-state index contributed by atoms with van der Waals surface area (Å²) in [7, 11) is 0. The van der Waals surface area contributed by atoms with Gasteiger partial charge in [-0.05, 0) is 51.4 Å². The molecule has 1 aliphatic rings. The number of carbonyl (C=O) groups is 1. The van der Waals surface area contributed by atoms with E-state index >= 15 is 0 Å². The summed E-state index contributed by atoms with van der Waals surface area (Å²) in [6, 6.07) is -0.745. The van der Waals surface area contributed by atoms with Crippen molar-refractivity contribution in [2.24, 2.45) is 0 Å². The van der Waals surface area contributed by atoms with Gasteiger partial charge in [0.15, 0.2) is 6.29 Å². The molecule has 0 radical (unpaired) electrons. The first-order valence-electron chi connectivity index (χ1n) is 16.0. The number of hydrogen-bond acceptors (Lipinski definition) is 8. The van der Waals surface area contributed by atoms with Crippen LogP contribution in [0.2, 0.25) is 0 Å². The second-order valence-electron chi connectivity index (χ2n) is 10.9. The SMILES string of the molecule is CC/C=C\C/C=C\C/C=C\C/C=C\C/C=C\CCCC(=O)NC(COC1OC(CO)C(O)C(O)C1O)C(O)CCCCC. The Balaban J connectivity index is 2.39. The summed E-state index contributed by atoms with van der Waals surface area (Å²) in [4.78, 5) is 12.6. The number of amides is 1. The van der Waals surface area contributed by atoms with Crippen molar-refractivity contribution in [3.63, 3.8) is 0 Å². The fourth-order valence-electron chi connectivity index (χ4n) is 4.49.